The molecule has 2 nitrogen and oxygen atoms in total. The lowest BCUT2D eigenvalue weighted by Crippen LogP contribution is -2.16. The molecule has 3 heteroatoms. The SMILES string of the molecule is CC(C)(C)c1cc(-c2ccc3c(c2)c2cc(-c4cc(C(C)(C)C)cc(C(C)(C)C)c4)cc4c5cc6c7cc(-c8cc(C(C)(C)C)cc(C(C)(C)C)c8)cc8c9sc%10ccccc%10c9n(c6cc5n3c24)c78)cc(C(C)(C)C)c1. The first kappa shape index (κ1) is 49.9. The molecule has 0 radical (unpaired) electrons. The molecule has 0 spiro atoms. The van der Waals surface area contributed by atoms with Gasteiger partial charge in [-0.3, -0.25) is 0 Å². The van der Waals surface area contributed by atoms with Crippen LogP contribution in [0, 0.1) is 0 Å². The number of hydrogen-bond donors (Lipinski definition) is 0. The quantitative estimate of drug-likeness (QED) is 0.167. The summed E-state index contributed by atoms with van der Waals surface area (Å²) in [6, 6.07) is 53.7. The third-order valence-corrected chi connectivity index (χ3v) is 18.6. The summed E-state index contributed by atoms with van der Waals surface area (Å²) in [7, 11) is 0. The monoisotopic (exact) mass is 1020 g/mol. The molecule has 0 aliphatic carbocycles. The molecule has 8 aromatic carbocycles. The van der Waals surface area contributed by atoms with Crippen LogP contribution in [0.1, 0.15) is 158 Å². The van der Waals surface area contributed by atoms with Crippen LogP contribution in [0.4, 0.5) is 0 Å². The fraction of sp³-hybridized carbons (Fsp3) is 0.324. The molecule has 5 heterocycles. The van der Waals surface area contributed by atoms with E-state index in [0.29, 0.717) is 0 Å². The standard InChI is InChI=1S/C74H76N2S/c1-69(2,3)47-25-42(26-48(36-47)70(4,5)6)41-23-24-61-54(31-41)57-32-45(43-27-49(71(7,8)9)37-50(28-43)72(10,11)12)33-58-55-39-56-59-34-46(44-29-51(73(13,14)15)38-52(30-44)74(16,17)18)35-60-66(59)76(63(56)40-62(55)75(61)65(57)58)67-53-21-19-20-22-64(53)77-68(60)67/h19-40H,1-18H3. The lowest BCUT2D eigenvalue weighted by molar-refractivity contribution is 0.568. The highest BCUT2D eigenvalue weighted by molar-refractivity contribution is 7.26. The summed E-state index contributed by atoms with van der Waals surface area (Å²) in [5, 5.41) is 10.5. The van der Waals surface area contributed by atoms with Crippen molar-refractivity contribution in [1.82, 2.24) is 8.80 Å². The van der Waals surface area contributed by atoms with Gasteiger partial charge in [0.05, 0.1) is 37.8 Å². The maximum absolute atomic E-state index is 2.64. The molecule has 0 saturated carbocycles. The molecule has 0 bridgehead atoms. The molecule has 5 aromatic heterocycles. The molecule has 0 fully saturated rings. The van der Waals surface area contributed by atoms with E-state index in [-0.39, 0.29) is 32.5 Å². The van der Waals surface area contributed by atoms with E-state index in [1.165, 1.54) is 152 Å². The van der Waals surface area contributed by atoms with Gasteiger partial charge in [-0.05, 0) is 154 Å². The topological polar surface area (TPSA) is 8.82 Å². The molecule has 0 amide bonds. The highest BCUT2D eigenvalue weighted by Gasteiger charge is 2.29. The summed E-state index contributed by atoms with van der Waals surface area (Å²) >= 11 is 1.94. The van der Waals surface area contributed by atoms with Gasteiger partial charge in [-0.15, -0.1) is 11.3 Å². The zero-order chi connectivity index (χ0) is 54.6. The fourth-order valence-corrected chi connectivity index (χ4v) is 13.7. The Bertz CT molecular complexity index is 4500. The number of aromatic nitrogens is 2. The van der Waals surface area contributed by atoms with E-state index >= 15 is 0 Å². The Morgan fingerprint density at radius 3 is 1.05 bits per heavy atom. The van der Waals surface area contributed by atoms with Crippen molar-refractivity contribution in [3.8, 4) is 33.4 Å². The van der Waals surface area contributed by atoms with Gasteiger partial charge in [0.25, 0.3) is 0 Å². The van der Waals surface area contributed by atoms with Crippen molar-refractivity contribution in [1.29, 1.82) is 0 Å². The molecule has 0 atom stereocenters. The van der Waals surface area contributed by atoms with E-state index < -0.39 is 0 Å². The van der Waals surface area contributed by atoms with Crippen molar-refractivity contribution >= 4 is 96.9 Å². The first-order chi connectivity index (χ1) is 35.9. The summed E-state index contributed by atoms with van der Waals surface area (Å²) in [4.78, 5) is 0. The molecule has 0 unspecified atom stereocenters. The van der Waals surface area contributed by atoms with Crippen LogP contribution < -0.4 is 0 Å². The molecule has 13 rings (SSSR count). The van der Waals surface area contributed by atoms with E-state index in [2.05, 4.69) is 267 Å². The molecule has 13 aromatic rings. The van der Waals surface area contributed by atoms with E-state index in [4.69, 9.17) is 0 Å². The summed E-state index contributed by atoms with van der Waals surface area (Å²) in [5.74, 6) is 0. The predicted molar refractivity (Wildman–Crippen MR) is 340 cm³/mol. The molecule has 77 heavy (non-hydrogen) atoms. The van der Waals surface area contributed by atoms with Crippen molar-refractivity contribution in [2.45, 2.75) is 157 Å². The third-order valence-electron chi connectivity index (χ3n) is 17.4. The van der Waals surface area contributed by atoms with Crippen molar-refractivity contribution in [3.63, 3.8) is 0 Å². The maximum Gasteiger partial charge on any atom is 0.0728 e. The van der Waals surface area contributed by atoms with Crippen LogP contribution in [0.15, 0.2) is 133 Å². The van der Waals surface area contributed by atoms with Crippen LogP contribution in [0.5, 0.6) is 0 Å². The van der Waals surface area contributed by atoms with Gasteiger partial charge in [0, 0.05) is 47.8 Å². The third kappa shape index (κ3) is 7.75. The van der Waals surface area contributed by atoms with Crippen LogP contribution in [0.2, 0.25) is 0 Å². The van der Waals surface area contributed by atoms with Gasteiger partial charge < -0.3 is 8.80 Å². The second kappa shape index (κ2) is 16.0. The smallest absolute Gasteiger partial charge is 0.0728 e. The highest BCUT2D eigenvalue weighted by Crippen LogP contribution is 2.51. The molecular formula is C74H76N2S. The molecule has 388 valence electrons. The largest absolute Gasteiger partial charge is 0.308 e. The predicted octanol–water partition coefficient (Wildman–Crippen LogP) is 22.0. The van der Waals surface area contributed by atoms with E-state index in [9.17, 15) is 0 Å². The Labute approximate surface area is 460 Å². The second-order valence-electron chi connectivity index (χ2n) is 29.3. The van der Waals surface area contributed by atoms with Crippen molar-refractivity contribution in [3.05, 3.63) is 167 Å². The summed E-state index contributed by atoms with van der Waals surface area (Å²) < 4.78 is 7.95. The zero-order valence-corrected chi connectivity index (χ0v) is 49.8. The van der Waals surface area contributed by atoms with Gasteiger partial charge in [-0.1, -0.05) is 203 Å². The molecule has 0 saturated heterocycles. The minimum absolute atomic E-state index is 0.00373. The summed E-state index contributed by atoms with van der Waals surface area (Å²) in [6.07, 6.45) is 0. The first-order valence-electron chi connectivity index (χ1n) is 28.2. The van der Waals surface area contributed by atoms with E-state index in [0.717, 1.165) is 0 Å². The van der Waals surface area contributed by atoms with Gasteiger partial charge in [0.2, 0.25) is 0 Å². The van der Waals surface area contributed by atoms with Gasteiger partial charge in [-0.2, -0.15) is 0 Å². The van der Waals surface area contributed by atoms with Gasteiger partial charge >= 0.3 is 0 Å². The Kier molecular flexibility index (Phi) is 10.3. The molecule has 0 aliphatic heterocycles. The van der Waals surface area contributed by atoms with Gasteiger partial charge in [0.15, 0.2) is 0 Å². The van der Waals surface area contributed by atoms with E-state index in [1.807, 2.05) is 11.3 Å². The van der Waals surface area contributed by atoms with Crippen LogP contribution in [0.3, 0.4) is 0 Å². The van der Waals surface area contributed by atoms with Crippen LogP contribution in [-0.2, 0) is 32.5 Å². The second-order valence-corrected chi connectivity index (χ2v) is 30.4. The minimum Gasteiger partial charge on any atom is -0.308 e. The van der Waals surface area contributed by atoms with Crippen molar-refractivity contribution in [2.75, 3.05) is 0 Å². The van der Waals surface area contributed by atoms with Crippen LogP contribution in [-0.4, -0.2) is 8.80 Å². The number of hydrogen-bond acceptors (Lipinski definition) is 1. The van der Waals surface area contributed by atoms with E-state index in [1.54, 1.807) is 0 Å². The fourth-order valence-electron chi connectivity index (χ4n) is 12.5. The minimum atomic E-state index is -0.0134. The molecular weight excluding hydrogens is 949 g/mol. The first-order valence-corrected chi connectivity index (χ1v) is 29.0. The zero-order valence-electron chi connectivity index (χ0n) is 49.0. The number of benzene rings is 8. The maximum atomic E-state index is 2.64. The summed E-state index contributed by atoms with van der Waals surface area (Å²) in [5.41, 5.74) is 23.6. The number of thiophene rings is 1. The molecule has 0 aliphatic rings. The average Bonchev–Trinajstić information content (AvgIpc) is 4.17. The van der Waals surface area contributed by atoms with Gasteiger partial charge in [0.1, 0.15) is 0 Å². The van der Waals surface area contributed by atoms with Crippen molar-refractivity contribution in [2.24, 2.45) is 0 Å². The summed E-state index contributed by atoms with van der Waals surface area (Å²) in [6.45, 7) is 42.3. The number of rotatable bonds is 3. The number of nitrogens with zero attached hydrogens (tertiary/aromatic N) is 2. The van der Waals surface area contributed by atoms with Gasteiger partial charge in [-0.25, -0.2) is 0 Å². The Morgan fingerprint density at radius 1 is 0.260 bits per heavy atom. The Morgan fingerprint density at radius 2 is 0.610 bits per heavy atom. The lowest BCUT2D eigenvalue weighted by Gasteiger charge is -2.26. The van der Waals surface area contributed by atoms with Crippen LogP contribution in [0.25, 0.3) is 119 Å². The lowest BCUT2D eigenvalue weighted by atomic mass is 9.78. The highest BCUT2D eigenvalue weighted by atomic mass is 32.1. The average molecular weight is 1030 g/mol. The normalized spacial score (nSPS) is 13.8. The van der Waals surface area contributed by atoms with Crippen molar-refractivity contribution < 1.29 is 0 Å². The molecule has 0 N–H and O–H groups in total. The number of fused-ring (bicyclic) bond motifs is 14. The van der Waals surface area contributed by atoms with Crippen LogP contribution >= 0.6 is 11.3 Å². The Balaban J connectivity index is 1.17. The Hall–Kier alpha value is -6.68.